The first-order valence-electron chi connectivity index (χ1n) is 7.30. The molecule has 2 aromatic carbocycles. The number of hydrogen-bond acceptors (Lipinski definition) is 2. The van der Waals surface area contributed by atoms with E-state index >= 15 is 0 Å². The van der Waals surface area contributed by atoms with Crippen LogP contribution in [0, 0.1) is 6.92 Å². The van der Waals surface area contributed by atoms with E-state index in [4.69, 9.17) is 4.74 Å². The van der Waals surface area contributed by atoms with Crippen molar-refractivity contribution in [3.05, 3.63) is 59.7 Å². The molecule has 20 heavy (non-hydrogen) atoms. The van der Waals surface area contributed by atoms with Gasteiger partial charge in [-0.25, -0.2) is 0 Å². The maximum absolute atomic E-state index is 5.92. The lowest BCUT2D eigenvalue weighted by Gasteiger charge is -2.17. The standard InChI is InChI=1S/C18H23NO/c1-4-18(19-5-2)15-7-6-8-17(13-15)20-16-11-9-14(3)10-12-16/h6-13,18-19H,4-5H2,1-3H3. The van der Waals surface area contributed by atoms with Crippen LogP contribution in [0.3, 0.4) is 0 Å². The van der Waals surface area contributed by atoms with E-state index in [0.717, 1.165) is 24.5 Å². The second kappa shape index (κ2) is 7.11. The molecule has 1 N–H and O–H groups in total. The van der Waals surface area contributed by atoms with Gasteiger partial charge in [0.2, 0.25) is 0 Å². The average Bonchev–Trinajstić information content (AvgIpc) is 2.47. The van der Waals surface area contributed by atoms with Crippen LogP contribution in [0.2, 0.25) is 0 Å². The minimum atomic E-state index is 0.390. The highest BCUT2D eigenvalue weighted by Crippen LogP contribution is 2.26. The number of aryl methyl sites for hydroxylation is 1. The van der Waals surface area contributed by atoms with E-state index < -0.39 is 0 Å². The molecule has 2 aromatic rings. The molecule has 1 atom stereocenters. The highest BCUT2D eigenvalue weighted by molar-refractivity contribution is 5.36. The molecule has 0 amide bonds. The molecular formula is C18H23NO. The van der Waals surface area contributed by atoms with E-state index in [1.54, 1.807) is 0 Å². The lowest BCUT2D eigenvalue weighted by atomic mass is 10.0. The lowest BCUT2D eigenvalue weighted by molar-refractivity contribution is 0.477. The van der Waals surface area contributed by atoms with Gasteiger partial charge in [0.15, 0.2) is 0 Å². The summed E-state index contributed by atoms with van der Waals surface area (Å²) in [5.41, 5.74) is 2.52. The van der Waals surface area contributed by atoms with Crippen molar-refractivity contribution in [2.24, 2.45) is 0 Å². The van der Waals surface area contributed by atoms with E-state index in [2.05, 4.69) is 56.4 Å². The van der Waals surface area contributed by atoms with Crippen LogP contribution in [0.15, 0.2) is 48.5 Å². The van der Waals surface area contributed by atoms with Gasteiger partial charge in [-0.1, -0.05) is 43.7 Å². The molecule has 0 heterocycles. The van der Waals surface area contributed by atoms with Gasteiger partial charge in [0.1, 0.15) is 11.5 Å². The number of rotatable bonds is 6. The van der Waals surface area contributed by atoms with Gasteiger partial charge in [0, 0.05) is 6.04 Å². The predicted octanol–water partition coefficient (Wildman–Crippen LogP) is 4.85. The van der Waals surface area contributed by atoms with Crippen molar-refractivity contribution in [2.75, 3.05) is 6.54 Å². The zero-order chi connectivity index (χ0) is 14.4. The Balaban J connectivity index is 2.14. The van der Waals surface area contributed by atoms with Crippen molar-refractivity contribution >= 4 is 0 Å². The maximum Gasteiger partial charge on any atom is 0.127 e. The van der Waals surface area contributed by atoms with Gasteiger partial charge in [-0.15, -0.1) is 0 Å². The topological polar surface area (TPSA) is 21.3 Å². The monoisotopic (exact) mass is 269 g/mol. The van der Waals surface area contributed by atoms with Crippen molar-refractivity contribution < 1.29 is 4.74 Å². The van der Waals surface area contributed by atoms with Crippen LogP contribution in [0.1, 0.15) is 37.4 Å². The van der Waals surface area contributed by atoms with E-state index in [9.17, 15) is 0 Å². The molecule has 106 valence electrons. The molecule has 0 aliphatic rings. The molecule has 0 fully saturated rings. The Morgan fingerprint density at radius 3 is 2.40 bits per heavy atom. The van der Waals surface area contributed by atoms with E-state index in [1.807, 2.05) is 18.2 Å². The predicted molar refractivity (Wildman–Crippen MR) is 84.4 cm³/mol. The van der Waals surface area contributed by atoms with Crippen molar-refractivity contribution in [3.8, 4) is 11.5 Å². The van der Waals surface area contributed by atoms with Crippen molar-refractivity contribution in [1.82, 2.24) is 5.32 Å². The first kappa shape index (κ1) is 14.6. The Labute approximate surface area is 121 Å². The zero-order valence-electron chi connectivity index (χ0n) is 12.5. The summed E-state index contributed by atoms with van der Waals surface area (Å²) in [5, 5.41) is 3.49. The summed E-state index contributed by atoms with van der Waals surface area (Å²) in [6.07, 6.45) is 1.07. The molecule has 0 bridgehead atoms. The Hall–Kier alpha value is -1.80. The fourth-order valence-electron chi connectivity index (χ4n) is 2.28. The summed E-state index contributed by atoms with van der Waals surface area (Å²) in [6.45, 7) is 7.38. The summed E-state index contributed by atoms with van der Waals surface area (Å²) in [4.78, 5) is 0. The van der Waals surface area contributed by atoms with Crippen LogP contribution < -0.4 is 10.1 Å². The summed E-state index contributed by atoms with van der Waals surface area (Å²) >= 11 is 0. The van der Waals surface area contributed by atoms with Crippen LogP contribution in [0.5, 0.6) is 11.5 Å². The summed E-state index contributed by atoms with van der Waals surface area (Å²) in [5.74, 6) is 1.77. The minimum absolute atomic E-state index is 0.390. The fourth-order valence-corrected chi connectivity index (χ4v) is 2.28. The third kappa shape index (κ3) is 3.84. The molecule has 2 rings (SSSR count). The normalized spacial score (nSPS) is 12.2. The number of hydrogen-bond donors (Lipinski definition) is 1. The van der Waals surface area contributed by atoms with Gasteiger partial charge >= 0.3 is 0 Å². The van der Waals surface area contributed by atoms with Gasteiger partial charge < -0.3 is 10.1 Å². The molecule has 0 saturated heterocycles. The van der Waals surface area contributed by atoms with Crippen LogP contribution in [-0.2, 0) is 0 Å². The lowest BCUT2D eigenvalue weighted by Crippen LogP contribution is -2.19. The largest absolute Gasteiger partial charge is 0.457 e. The Morgan fingerprint density at radius 1 is 1.00 bits per heavy atom. The van der Waals surface area contributed by atoms with E-state index in [-0.39, 0.29) is 0 Å². The van der Waals surface area contributed by atoms with Crippen molar-refractivity contribution in [2.45, 2.75) is 33.2 Å². The van der Waals surface area contributed by atoms with E-state index in [0.29, 0.717) is 6.04 Å². The third-order valence-electron chi connectivity index (χ3n) is 3.38. The molecule has 0 aliphatic heterocycles. The zero-order valence-corrected chi connectivity index (χ0v) is 12.5. The van der Waals surface area contributed by atoms with Crippen LogP contribution in [0.25, 0.3) is 0 Å². The number of benzene rings is 2. The summed E-state index contributed by atoms with van der Waals surface area (Å²) in [6, 6.07) is 16.9. The van der Waals surface area contributed by atoms with Gasteiger partial charge in [0.25, 0.3) is 0 Å². The first-order valence-corrected chi connectivity index (χ1v) is 7.30. The van der Waals surface area contributed by atoms with Gasteiger partial charge in [0.05, 0.1) is 0 Å². The molecule has 0 aliphatic carbocycles. The SMILES string of the molecule is CCNC(CC)c1cccc(Oc2ccc(C)cc2)c1. The van der Waals surface area contributed by atoms with Crippen molar-refractivity contribution in [1.29, 1.82) is 0 Å². The quantitative estimate of drug-likeness (QED) is 0.809. The molecule has 2 nitrogen and oxygen atoms in total. The number of nitrogens with one attached hydrogen (secondary N) is 1. The molecule has 1 unspecified atom stereocenters. The maximum atomic E-state index is 5.92. The fraction of sp³-hybridized carbons (Fsp3) is 0.333. The third-order valence-corrected chi connectivity index (χ3v) is 3.38. The van der Waals surface area contributed by atoms with Gasteiger partial charge in [-0.2, -0.15) is 0 Å². The molecular weight excluding hydrogens is 246 g/mol. The highest BCUT2D eigenvalue weighted by Gasteiger charge is 2.08. The Kier molecular flexibility index (Phi) is 5.19. The van der Waals surface area contributed by atoms with E-state index in [1.165, 1.54) is 11.1 Å². The smallest absolute Gasteiger partial charge is 0.127 e. The number of ether oxygens (including phenoxy) is 1. The second-order valence-electron chi connectivity index (χ2n) is 5.01. The molecule has 2 heteroatoms. The van der Waals surface area contributed by atoms with Crippen LogP contribution in [-0.4, -0.2) is 6.54 Å². The van der Waals surface area contributed by atoms with Crippen molar-refractivity contribution in [3.63, 3.8) is 0 Å². The molecule has 0 aromatic heterocycles. The van der Waals surface area contributed by atoms with Crippen LogP contribution in [0.4, 0.5) is 0 Å². The van der Waals surface area contributed by atoms with Gasteiger partial charge in [-0.05, 0) is 49.7 Å². The Morgan fingerprint density at radius 2 is 1.75 bits per heavy atom. The molecule has 0 radical (unpaired) electrons. The average molecular weight is 269 g/mol. The second-order valence-corrected chi connectivity index (χ2v) is 5.01. The Bertz CT molecular complexity index is 533. The minimum Gasteiger partial charge on any atom is -0.457 e. The molecule has 0 spiro atoms. The first-order chi connectivity index (χ1) is 9.72. The summed E-state index contributed by atoms with van der Waals surface area (Å²) < 4.78 is 5.92. The summed E-state index contributed by atoms with van der Waals surface area (Å²) in [7, 11) is 0. The highest BCUT2D eigenvalue weighted by atomic mass is 16.5. The van der Waals surface area contributed by atoms with Gasteiger partial charge in [-0.3, -0.25) is 0 Å². The van der Waals surface area contributed by atoms with Crippen LogP contribution >= 0.6 is 0 Å². The molecule has 0 saturated carbocycles.